The zero-order valence-corrected chi connectivity index (χ0v) is 20.3. The molecule has 0 unspecified atom stereocenters. The highest BCUT2D eigenvalue weighted by Gasteiger charge is 2.15. The lowest BCUT2D eigenvalue weighted by Crippen LogP contribution is -2.16. The van der Waals surface area contributed by atoms with E-state index in [1.807, 2.05) is 45.2 Å². The lowest BCUT2D eigenvalue weighted by Gasteiger charge is -2.20. The number of ether oxygens (including phenoxy) is 2. The highest BCUT2D eigenvalue weighted by atomic mass is 79.9. The largest absolute Gasteiger partial charge is 0.486 e. The van der Waals surface area contributed by atoms with Crippen LogP contribution >= 0.6 is 15.9 Å². The van der Waals surface area contributed by atoms with Gasteiger partial charge in [-0.25, -0.2) is 4.39 Å². The first-order chi connectivity index (χ1) is 14.2. The maximum atomic E-state index is 13.0. The molecule has 0 N–H and O–H groups in total. The molecule has 162 valence electrons. The summed E-state index contributed by atoms with van der Waals surface area (Å²) in [4.78, 5) is 4.53. The van der Waals surface area contributed by atoms with Crippen LogP contribution in [-0.4, -0.2) is 18.9 Å². The van der Waals surface area contributed by atoms with Crippen LogP contribution in [-0.2, 0) is 0 Å². The number of aryl methyl sites for hydroxylation is 1. The van der Waals surface area contributed by atoms with Crippen molar-refractivity contribution in [2.45, 2.75) is 53.9 Å². The van der Waals surface area contributed by atoms with Crippen LogP contribution in [0.5, 0.6) is 11.5 Å². The van der Waals surface area contributed by atoms with Gasteiger partial charge in [0, 0.05) is 21.9 Å². The summed E-state index contributed by atoms with van der Waals surface area (Å²) >= 11 is 3.30. The second-order valence-electron chi connectivity index (χ2n) is 7.67. The van der Waals surface area contributed by atoms with Crippen LogP contribution in [0.3, 0.4) is 0 Å². The lowest BCUT2D eigenvalue weighted by atomic mass is 10.0. The molecule has 3 rings (SSSR count). The molecule has 30 heavy (non-hydrogen) atoms. The van der Waals surface area contributed by atoms with Crippen LogP contribution in [0.1, 0.15) is 63.6 Å². The van der Waals surface area contributed by atoms with E-state index in [4.69, 9.17) is 9.47 Å². The summed E-state index contributed by atoms with van der Waals surface area (Å²) in [5.74, 6) is 1.77. The van der Waals surface area contributed by atoms with Crippen LogP contribution in [0.4, 0.5) is 4.39 Å². The van der Waals surface area contributed by atoms with Gasteiger partial charge in [-0.05, 0) is 74.6 Å². The summed E-state index contributed by atoms with van der Waals surface area (Å²) in [7, 11) is 0. The number of nitrogens with zero attached hydrogens (tertiary/aromatic N) is 1. The van der Waals surface area contributed by atoms with E-state index in [1.54, 1.807) is 6.07 Å². The molecule has 2 aromatic rings. The Hall–Kier alpha value is -2.14. The predicted molar refractivity (Wildman–Crippen MR) is 127 cm³/mol. The molecule has 3 nitrogen and oxygen atoms in total. The van der Waals surface area contributed by atoms with Gasteiger partial charge in [-0.15, -0.1) is 0 Å². The summed E-state index contributed by atoms with van der Waals surface area (Å²) < 4.78 is 25.1. The fraction of sp³-hybridized carbons (Fsp3) is 0.400. The molecule has 0 bridgehead atoms. The number of hydrogen-bond donors (Lipinski definition) is 0. The zero-order valence-electron chi connectivity index (χ0n) is 18.7. The molecule has 0 spiro atoms. The highest BCUT2D eigenvalue weighted by Crippen LogP contribution is 2.33. The van der Waals surface area contributed by atoms with E-state index in [2.05, 4.69) is 41.7 Å². The third kappa shape index (κ3) is 6.69. The van der Waals surface area contributed by atoms with E-state index in [0.717, 1.165) is 44.8 Å². The van der Waals surface area contributed by atoms with Gasteiger partial charge >= 0.3 is 0 Å². The first-order valence-corrected chi connectivity index (χ1v) is 11.1. The van der Waals surface area contributed by atoms with Gasteiger partial charge in [-0.1, -0.05) is 42.3 Å². The van der Waals surface area contributed by atoms with Gasteiger partial charge in [-0.2, -0.15) is 0 Å². The van der Waals surface area contributed by atoms with E-state index >= 15 is 0 Å². The van der Waals surface area contributed by atoms with Crippen molar-refractivity contribution in [2.75, 3.05) is 13.2 Å². The third-order valence-corrected chi connectivity index (χ3v) is 5.39. The number of allylic oxidation sites excluding steroid dienone is 1. The van der Waals surface area contributed by atoms with Crippen LogP contribution < -0.4 is 9.47 Å². The van der Waals surface area contributed by atoms with E-state index in [1.165, 1.54) is 11.6 Å². The highest BCUT2D eigenvalue weighted by molar-refractivity contribution is 9.10. The third-order valence-electron chi connectivity index (χ3n) is 4.90. The predicted octanol–water partition coefficient (Wildman–Crippen LogP) is 7.60. The molecule has 0 radical (unpaired) electrons. The molecule has 0 aliphatic carbocycles. The lowest BCUT2D eigenvalue weighted by molar-refractivity contribution is 0.171. The first kappa shape index (κ1) is 24.1. The molecule has 0 atom stereocenters. The molecule has 2 aromatic carbocycles. The standard InChI is InChI=1S/C16H21NO2.C9H10BrF/c1-5-11(2)10-17-13(4)14-9-16-15(8-12(14)3)18-6-7-19-16;1-6(2)8-5-7(10)3-4-9(8)11/h8-10H,5-7H2,1-4H3;3-6H,1-2H3/b11-10+,17-13?;. The summed E-state index contributed by atoms with van der Waals surface area (Å²) in [6.45, 7) is 13.5. The molecule has 0 fully saturated rings. The molecule has 1 aliphatic heterocycles. The minimum absolute atomic E-state index is 0.122. The molecule has 0 amide bonds. The van der Waals surface area contributed by atoms with Gasteiger partial charge in [0.1, 0.15) is 19.0 Å². The van der Waals surface area contributed by atoms with Gasteiger partial charge in [0.05, 0.1) is 0 Å². The monoisotopic (exact) mass is 475 g/mol. The quantitative estimate of drug-likeness (QED) is 0.426. The van der Waals surface area contributed by atoms with E-state index in [9.17, 15) is 4.39 Å². The number of aliphatic imine (C=N–C) groups is 1. The molecule has 5 heteroatoms. The normalized spacial score (nSPS) is 13.8. The van der Waals surface area contributed by atoms with Crippen LogP contribution in [0.15, 0.2) is 51.6 Å². The number of halogens is 2. The Morgan fingerprint density at radius 2 is 1.77 bits per heavy atom. The summed E-state index contributed by atoms with van der Waals surface area (Å²) in [5.41, 5.74) is 5.31. The van der Waals surface area contributed by atoms with Crippen molar-refractivity contribution in [3.05, 3.63) is 69.1 Å². The molecule has 0 saturated heterocycles. The number of benzene rings is 2. The minimum atomic E-state index is -0.122. The van der Waals surface area contributed by atoms with Crippen molar-refractivity contribution in [2.24, 2.45) is 4.99 Å². The van der Waals surface area contributed by atoms with Gasteiger partial charge in [0.2, 0.25) is 0 Å². The van der Waals surface area contributed by atoms with Gasteiger partial charge in [0.15, 0.2) is 11.5 Å². The van der Waals surface area contributed by atoms with Crippen LogP contribution in [0, 0.1) is 12.7 Å². The Balaban J connectivity index is 0.000000248. The van der Waals surface area contributed by atoms with Gasteiger partial charge in [-0.3, -0.25) is 4.99 Å². The first-order valence-electron chi connectivity index (χ1n) is 10.3. The molecule has 1 heterocycles. The molecular formula is C25H31BrFNO2. The minimum Gasteiger partial charge on any atom is -0.486 e. The Kier molecular flexibility index (Phi) is 9.09. The number of hydrogen-bond acceptors (Lipinski definition) is 3. The van der Waals surface area contributed by atoms with Gasteiger partial charge < -0.3 is 9.47 Å². The van der Waals surface area contributed by atoms with E-state index in [-0.39, 0.29) is 11.7 Å². The average Bonchev–Trinajstić information content (AvgIpc) is 2.73. The smallest absolute Gasteiger partial charge is 0.162 e. The van der Waals surface area contributed by atoms with Crippen LogP contribution in [0.25, 0.3) is 0 Å². The topological polar surface area (TPSA) is 30.8 Å². The molecular weight excluding hydrogens is 445 g/mol. The van der Waals surface area contributed by atoms with E-state index < -0.39 is 0 Å². The average molecular weight is 476 g/mol. The van der Waals surface area contributed by atoms with Gasteiger partial charge in [0.25, 0.3) is 0 Å². The van der Waals surface area contributed by atoms with E-state index in [0.29, 0.717) is 13.2 Å². The molecule has 1 aliphatic rings. The summed E-state index contributed by atoms with van der Waals surface area (Å²) in [6, 6.07) is 9.07. The zero-order chi connectivity index (χ0) is 22.3. The summed E-state index contributed by atoms with van der Waals surface area (Å²) in [5, 5.41) is 0. The Bertz CT molecular complexity index is 935. The fourth-order valence-electron chi connectivity index (χ4n) is 2.91. The Morgan fingerprint density at radius 3 is 2.33 bits per heavy atom. The SMILES string of the molecule is CC(C)c1cc(Br)ccc1F.CC/C(C)=C/N=C(C)c1cc2c(cc1C)OCCO2. The van der Waals surface area contributed by atoms with Crippen LogP contribution in [0.2, 0.25) is 0 Å². The second kappa shape index (κ2) is 11.3. The summed E-state index contributed by atoms with van der Waals surface area (Å²) in [6.07, 6.45) is 2.96. The Morgan fingerprint density at radius 1 is 1.13 bits per heavy atom. The fourth-order valence-corrected chi connectivity index (χ4v) is 3.28. The van der Waals surface area contributed by atoms with Crippen molar-refractivity contribution in [3.8, 4) is 11.5 Å². The molecule has 0 saturated carbocycles. The van der Waals surface area contributed by atoms with Crippen molar-refractivity contribution in [1.29, 1.82) is 0 Å². The second-order valence-corrected chi connectivity index (χ2v) is 8.59. The Labute approximate surface area is 188 Å². The maximum absolute atomic E-state index is 13.0. The number of rotatable bonds is 4. The van der Waals surface area contributed by atoms with Crippen molar-refractivity contribution < 1.29 is 13.9 Å². The van der Waals surface area contributed by atoms with Crippen molar-refractivity contribution in [3.63, 3.8) is 0 Å². The maximum Gasteiger partial charge on any atom is 0.162 e. The van der Waals surface area contributed by atoms with Crippen molar-refractivity contribution >= 4 is 21.6 Å². The van der Waals surface area contributed by atoms with Crippen molar-refractivity contribution in [1.82, 2.24) is 0 Å². The number of fused-ring (bicyclic) bond motifs is 1. The molecule has 0 aromatic heterocycles.